The van der Waals surface area contributed by atoms with Gasteiger partial charge in [-0.3, -0.25) is 9.98 Å². The SMILES string of the molecule is CC(C)(C)c1ccc2c(n1)C=CN1C2=NCC2=C1C1CCC2CC1. The number of amidine groups is 1. The van der Waals surface area contributed by atoms with E-state index in [1.807, 2.05) is 0 Å². The highest BCUT2D eigenvalue weighted by molar-refractivity contribution is 6.05. The van der Waals surface area contributed by atoms with Gasteiger partial charge < -0.3 is 4.90 Å². The maximum atomic E-state index is 4.98. The van der Waals surface area contributed by atoms with Gasteiger partial charge >= 0.3 is 0 Å². The van der Waals surface area contributed by atoms with E-state index in [1.54, 1.807) is 11.3 Å². The normalized spacial score (nSPS) is 27.6. The Hall–Kier alpha value is -1.90. The van der Waals surface area contributed by atoms with Gasteiger partial charge in [0.1, 0.15) is 5.84 Å². The summed E-state index contributed by atoms with van der Waals surface area (Å²) in [5.41, 5.74) is 6.68. The molecule has 2 bridgehead atoms. The van der Waals surface area contributed by atoms with E-state index in [9.17, 15) is 0 Å². The number of aliphatic imine (C=N–C) groups is 1. The second-order valence-electron chi connectivity index (χ2n) is 8.66. The molecule has 24 heavy (non-hydrogen) atoms. The van der Waals surface area contributed by atoms with Crippen LogP contribution < -0.4 is 0 Å². The quantitative estimate of drug-likeness (QED) is 0.704. The van der Waals surface area contributed by atoms with Crippen molar-refractivity contribution in [3.05, 3.63) is 46.6 Å². The molecule has 0 saturated heterocycles. The Bertz CT molecular complexity index is 799. The van der Waals surface area contributed by atoms with Gasteiger partial charge in [0.2, 0.25) is 0 Å². The van der Waals surface area contributed by atoms with Crippen molar-refractivity contribution >= 4 is 11.9 Å². The molecule has 1 saturated carbocycles. The lowest BCUT2D eigenvalue weighted by Crippen LogP contribution is -2.42. The van der Waals surface area contributed by atoms with Crippen LogP contribution in [0.1, 0.15) is 63.4 Å². The van der Waals surface area contributed by atoms with E-state index in [2.05, 4.69) is 50.1 Å². The number of hydrogen-bond donors (Lipinski definition) is 0. The van der Waals surface area contributed by atoms with Crippen molar-refractivity contribution in [2.45, 2.75) is 51.9 Å². The minimum Gasteiger partial charge on any atom is -0.305 e. The Labute approximate surface area is 144 Å². The Morgan fingerprint density at radius 1 is 1.04 bits per heavy atom. The molecule has 0 spiro atoms. The zero-order chi connectivity index (χ0) is 16.5. The molecule has 0 atom stereocenters. The van der Waals surface area contributed by atoms with Crippen molar-refractivity contribution in [2.75, 3.05) is 6.54 Å². The highest BCUT2D eigenvalue weighted by atomic mass is 15.2. The van der Waals surface area contributed by atoms with Crippen molar-refractivity contribution < 1.29 is 0 Å². The first-order valence-electron chi connectivity index (χ1n) is 9.29. The Kier molecular flexibility index (Phi) is 2.89. The third-order valence-corrected chi connectivity index (χ3v) is 6.14. The third kappa shape index (κ3) is 1.96. The summed E-state index contributed by atoms with van der Waals surface area (Å²) in [6.07, 6.45) is 9.86. The van der Waals surface area contributed by atoms with E-state index < -0.39 is 0 Å². The van der Waals surface area contributed by atoms with Crippen LogP contribution in [-0.4, -0.2) is 22.3 Å². The van der Waals surface area contributed by atoms with Gasteiger partial charge in [0.05, 0.1) is 12.2 Å². The fraction of sp³-hybridized carbons (Fsp3) is 0.524. The lowest BCUT2D eigenvalue weighted by molar-refractivity contribution is 0.258. The number of rotatable bonds is 0. The predicted molar refractivity (Wildman–Crippen MR) is 97.7 cm³/mol. The summed E-state index contributed by atoms with van der Waals surface area (Å²) in [5, 5.41) is 0. The molecule has 0 N–H and O–H groups in total. The van der Waals surface area contributed by atoms with Crippen molar-refractivity contribution in [3.8, 4) is 0 Å². The maximum absolute atomic E-state index is 4.98. The van der Waals surface area contributed by atoms with Crippen molar-refractivity contribution in [2.24, 2.45) is 16.8 Å². The molecule has 1 aromatic heterocycles. The second kappa shape index (κ2) is 4.81. The van der Waals surface area contributed by atoms with Crippen LogP contribution in [0.4, 0.5) is 0 Å². The standard InChI is InChI=1S/C21H25N3/c1-21(2,3)18-9-8-15-17(23-18)10-11-24-19-14-6-4-13(5-7-14)16(19)12-22-20(15)24/h8-11,13-14H,4-7,12H2,1-3H3. The molecular weight excluding hydrogens is 294 g/mol. The van der Waals surface area contributed by atoms with Crippen molar-refractivity contribution in [1.82, 2.24) is 9.88 Å². The molecule has 0 aromatic carbocycles. The zero-order valence-electron chi connectivity index (χ0n) is 14.8. The van der Waals surface area contributed by atoms with Crippen LogP contribution in [-0.2, 0) is 5.41 Å². The Balaban J connectivity index is 1.59. The van der Waals surface area contributed by atoms with Crippen LogP contribution >= 0.6 is 0 Å². The van der Waals surface area contributed by atoms with Gasteiger partial charge in [-0.2, -0.15) is 0 Å². The number of hydrogen-bond acceptors (Lipinski definition) is 3. The van der Waals surface area contributed by atoms with E-state index in [0.717, 1.165) is 35.6 Å². The van der Waals surface area contributed by atoms with E-state index in [0.29, 0.717) is 0 Å². The van der Waals surface area contributed by atoms with E-state index in [4.69, 9.17) is 9.98 Å². The van der Waals surface area contributed by atoms with Gasteiger partial charge in [-0.05, 0) is 61.3 Å². The van der Waals surface area contributed by atoms with Crippen LogP contribution in [0.25, 0.3) is 6.08 Å². The fourth-order valence-electron chi connectivity index (χ4n) is 4.82. The minimum absolute atomic E-state index is 0.0760. The highest BCUT2D eigenvalue weighted by Crippen LogP contribution is 2.48. The van der Waals surface area contributed by atoms with Gasteiger partial charge in [-0.1, -0.05) is 20.8 Å². The molecule has 3 nitrogen and oxygen atoms in total. The number of fused-ring (bicyclic) bond motifs is 5. The molecule has 6 rings (SSSR count). The van der Waals surface area contributed by atoms with Crippen LogP contribution in [0, 0.1) is 11.8 Å². The number of aromatic nitrogens is 1. The van der Waals surface area contributed by atoms with E-state index in [1.165, 1.54) is 31.2 Å². The molecule has 0 radical (unpaired) electrons. The van der Waals surface area contributed by atoms with Crippen LogP contribution in [0.3, 0.4) is 0 Å². The van der Waals surface area contributed by atoms with Gasteiger partial charge in [0.15, 0.2) is 0 Å². The minimum atomic E-state index is 0.0760. The van der Waals surface area contributed by atoms with Gasteiger partial charge in [-0.25, -0.2) is 0 Å². The maximum Gasteiger partial charge on any atom is 0.141 e. The summed E-state index contributed by atoms with van der Waals surface area (Å²) in [4.78, 5) is 12.3. The molecule has 5 aliphatic rings. The molecule has 0 amide bonds. The summed E-state index contributed by atoms with van der Waals surface area (Å²) in [7, 11) is 0. The van der Waals surface area contributed by atoms with Crippen molar-refractivity contribution in [3.63, 3.8) is 0 Å². The average molecular weight is 319 g/mol. The molecule has 124 valence electrons. The molecule has 1 fully saturated rings. The monoisotopic (exact) mass is 319 g/mol. The summed E-state index contributed by atoms with van der Waals surface area (Å²) in [6, 6.07) is 4.40. The molecule has 3 heterocycles. The summed E-state index contributed by atoms with van der Waals surface area (Å²) in [5.74, 6) is 2.64. The lowest BCUT2D eigenvalue weighted by atomic mass is 9.68. The Morgan fingerprint density at radius 3 is 2.54 bits per heavy atom. The topological polar surface area (TPSA) is 28.5 Å². The zero-order valence-corrected chi connectivity index (χ0v) is 14.8. The van der Waals surface area contributed by atoms with Crippen LogP contribution in [0.5, 0.6) is 0 Å². The predicted octanol–water partition coefficient (Wildman–Crippen LogP) is 4.50. The second-order valence-corrected chi connectivity index (χ2v) is 8.66. The first kappa shape index (κ1) is 14.4. The number of pyridine rings is 1. The largest absolute Gasteiger partial charge is 0.305 e. The van der Waals surface area contributed by atoms with Crippen LogP contribution in [0.15, 0.2) is 34.6 Å². The van der Waals surface area contributed by atoms with Crippen LogP contribution in [0.2, 0.25) is 0 Å². The lowest BCUT2D eigenvalue weighted by Gasteiger charge is -2.46. The molecule has 3 heteroatoms. The highest BCUT2D eigenvalue weighted by Gasteiger charge is 2.41. The van der Waals surface area contributed by atoms with E-state index >= 15 is 0 Å². The smallest absolute Gasteiger partial charge is 0.141 e. The Morgan fingerprint density at radius 2 is 1.79 bits per heavy atom. The molecule has 2 aliphatic heterocycles. The average Bonchev–Trinajstić information content (AvgIpc) is 2.60. The fourth-order valence-corrected chi connectivity index (χ4v) is 4.82. The first-order chi connectivity index (χ1) is 11.5. The van der Waals surface area contributed by atoms with E-state index in [-0.39, 0.29) is 5.41 Å². The van der Waals surface area contributed by atoms with Crippen molar-refractivity contribution in [1.29, 1.82) is 0 Å². The summed E-state index contributed by atoms with van der Waals surface area (Å²) in [6.45, 7) is 7.55. The summed E-state index contributed by atoms with van der Waals surface area (Å²) < 4.78 is 0. The third-order valence-electron chi connectivity index (χ3n) is 6.14. The molecule has 3 aliphatic carbocycles. The summed E-state index contributed by atoms with van der Waals surface area (Å²) >= 11 is 0. The van der Waals surface area contributed by atoms with Gasteiger partial charge in [-0.15, -0.1) is 0 Å². The first-order valence-corrected chi connectivity index (χ1v) is 9.29. The molecule has 1 aromatic rings. The molecule has 0 unspecified atom stereocenters. The van der Waals surface area contributed by atoms with Gasteiger partial charge in [0.25, 0.3) is 0 Å². The number of allylic oxidation sites excluding steroid dienone is 1. The van der Waals surface area contributed by atoms with Gasteiger partial charge in [0, 0.05) is 28.6 Å². The molecular formula is C21H25N3. The number of nitrogens with zero attached hydrogens (tertiary/aromatic N) is 3.